The molecule has 3 aromatic carbocycles. The first kappa shape index (κ1) is 19.9. The van der Waals surface area contributed by atoms with Crippen molar-refractivity contribution in [3.8, 4) is 0 Å². The number of allylic oxidation sites excluding steroid dienone is 3. The van der Waals surface area contributed by atoms with Crippen LogP contribution in [0, 0.1) is 0 Å². The first-order chi connectivity index (χ1) is 14.1. The molecule has 0 fully saturated rings. The van der Waals surface area contributed by atoms with Gasteiger partial charge in [0.15, 0.2) is 17.3 Å². The predicted molar refractivity (Wildman–Crippen MR) is 115 cm³/mol. The van der Waals surface area contributed by atoms with Crippen LogP contribution in [0.4, 0.5) is 0 Å². The van der Waals surface area contributed by atoms with Gasteiger partial charge in [-0.05, 0) is 17.7 Å². The molecule has 0 atom stereocenters. The molecule has 3 nitrogen and oxygen atoms in total. The molecule has 29 heavy (non-hydrogen) atoms. The molecular formula is C26H20O3. The van der Waals surface area contributed by atoms with Gasteiger partial charge in [-0.25, -0.2) is 0 Å². The molecule has 142 valence electrons. The monoisotopic (exact) mass is 380 g/mol. The Balaban J connectivity index is 1.85. The van der Waals surface area contributed by atoms with Gasteiger partial charge >= 0.3 is 0 Å². The maximum Gasteiger partial charge on any atom is 0.189 e. The summed E-state index contributed by atoms with van der Waals surface area (Å²) >= 11 is 0. The first-order valence-electron chi connectivity index (χ1n) is 9.29. The van der Waals surface area contributed by atoms with Crippen molar-refractivity contribution in [2.75, 3.05) is 0 Å². The Kier molecular flexibility index (Phi) is 6.80. The first-order valence-corrected chi connectivity index (χ1v) is 9.29. The largest absolute Gasteiger partial charge is 0.294 e. The van der Waals surface area contributed by atoms with Crippen LogP contribution in [0.5, 0.6) is 0 Å². The number of carbonyl (C=O) groups is 3. The van der Waals surface area contributed by atoms with E-state index in [0.717, 1.165) is 5.56 Å². The average molecular weight is 380 g/mol. The number of ketones is 3. The lowest BCUT2D eigenvalue weighted by molar-refractivity contribution is -0.113. The predicted octanol–water partition coefficient (Wildman–Crippen LogP) is 5.35. The molecule has 3 heteroatoms. The highest BCUT2D eigenvalue weighted by Gasteiger charge is 2.17. The third-order valence-electron chi connectivity index (χ3n) is 4.32. The van der Waals surface area contributed by atoms with Gasteiger partial charge in [-0.2, -0.15) is 0 Å². The molecule has 0 N–H and O–H groups in total. The fourth-order valence-electron chi connectivity index (χ4n) is 2.82. The van der Waals surface area contributed by atoms with Gasteiger partial charge in [-0.15, -0.1) is 0 Å². The number of rotatable bonds is 8. The molecule has 0 bridgehead atoms. The Labute approximate surface area is 170 Å². The highest BCUT2D eigenvalue weighted by molar-refractivity contribution is 6.17. The number of Topliss-reactive ketones (excluding diaryl/α,β-unsaturated/α-hetero) is 1. The summed E-state index contributed by atoms with van der Waals surface area (Å²) in [7, 11) is 0. The molecule has 0 radical (unpaired) electrons. The van der Waals surface area contributed by atoms with Crippen LogP contribution in [0.3, 0.4) is 0 Å². The maximum absolute atomic E-state index is 12.9. The van der Waals surface area contributed by atoms with E-state index in [-0.39, 0.29) is 29.3 Å². The van der Waals surface area contributed by atoms with Gasteiger partial charge in [0.05, 0.1) is 0 Å². The second-order valence-electron chi connectivity index (χ2n) is 6.48. The molecule has 0 saturated heterocycles. The third-order valence-corrected chi connectivity index (χ3v) is 4.32. The minimum atomic E-state index is -0.323. The van der Waals surface area contributed by atoms with Gasteiger partial charge in [-0.1, -0.05) is 97.1 Å². The van der Waals surface area contributed by atoms with Gasteiger partial charge in [0, 0.05) is 23.1 Å². The van der Waals surface area contributed by atoms with E-state index in [4.69, 9.17) is 0 Å². The molecule has 0 saturated carbocycles. The van der Waals surface area contributed by atoms with E-state index in [1.54, 1.807) is 54.6 Å². The second kappa shape index (κ2) is 9.90. The van der Waals surface area contributed by atoms with Crippen LogP contribution in [0.2, 0.25) is 0 Å². The van der Waals surface area contributed by atoms with Crippen molar-refractivity contribution in [3.63, 3.8) is 0 Å². The van der Waals surface area contributed by atoms with E-state index < -0.39 is 0 Å². The van der Waals surface area contributed by atoms with Crippen LogP contribution >= 0.6 is 0 Å². The summed E-state index contributed by atoms with van der Waals surface area (Å²) in [5.74, 6) is -0.869. The Morgan fingerprint density at radius 3 is 1.76 bits per heavy atom. The van der Waals surface area contributed by atoms with Crippen LogP contribution < -0.4 is 0 Å². The molecule has 0 aliphatic carbocycles. The van der Waals surface area contributed by atoms with E-state index in [2.05, 4.69) is 0 Å². The Morgan fingerprint density at radius 1 is 0.655 bits per heavy atom. The Bertz CT molecular complexity index is 1050. The zero-order valence-corrected chi connectivity index (χ0v) is 15.8. The molecule has 0 unspecified atom stereocenters. The van der Waals surface area contributed by atoms with Crippen LogP contribution in [0.1, 0.15) is 32.7 Å². The highest BCUT2D eigenvalue weighted by atomic mass is 16.1. The minimum absolute atomic E-state index is 0.143. The summed E-state index contributed by atoms with van der Waals surface area (Å²) in [6, 6.07) is 26.8. The summed E-state index contributed by atoms with van der Waals surface area (Å²) < 4.78 is 0. The zero-order chi connectivity index (χ0) is 20.5. The molecule has 0 amide bonds. The van der Waals surface area contributed by atoms with Crippen LogP contribution in [-0.4, -0.2) is 17.3 Å². The van der Waals surface area contributed by atoms with E-state index in [0.29, 0.717) is 11.1 Å². The minimum Gasteiger partial charge on any atom is -0.294 e. The Morgan fingerprint density at radius 2 is 1.17 bits per heavy atom. The second-order valence-corrected chi connectivity index (χ2v) is 6.48. The molecule has 3 aromatic rings. The lowest BCUT2D eigenvalue weighted by Crippen LogP contribution is -2.10. The third kappa shape index (κ3) is 5.81. The van der Waals surface area contributed by atoms with Crippen molar-refractivity contribution in [1.29, 1.82) is 0 Å². The molecule has 0 aromatic heterocycles. The van der Waals surface area contributed by atoms with Gasteiger partial charge in [0.2, 0.25) is 0 Å². The van der Waals surface area contributed by atoms with E-state index in [9.17, 15) is 14.4 Å². The van der Waals surface area contributed by atoms with E-state index in [1.807, 2.05) is 42.5 Å². The zero-order valence-electron chi connectivity index (χ0n) is 15.8. The fraction of sp³-hybridized carbons (Fsp3) is 0.0385. The number of benzene rings is 3. The Hall–Kier alpha value is -3.85. The summed E-state index contributed by atoms with van der Waals surface area (Å²) in [5.41, 5.74) is 1.98. The molecule has 3 rings (SSSR count). The van der Waals surface area contributed by atoms with Gasteiger partial charge < -0.3 is 0 Å². The average Bonchev–Trinajstić information content (AvgIpc) is 2.78. The van der Waals surface area contributed by atoms with Crippen LogP contribution in [-0.2, 0) is 4.79 Å². The summed E-state index contributed by atoms with van der Waals surface area (Å²) in [6.45, 7) is 0. The van der Waals surface area contributed by atoms with E-state index in [1.165, 1.54) is 12.2 Å². The number of hydrogen-bond acceptors (Lipinski definition) is 3. The van der Waals surface area contributed by atoms with Crippen molar-refractivity contribution in [2.24, 2.45) is 0 Å². The number of carbonyl (C=O) groups excluding carboxylic acids is 3. The fourth-order valence-corrected chi connectivity index (χ4v) is 2.82. The summed E-state index contributed by atoms with van der Waals surface area (Å²) in [4.78, 5) is 38.0. The quantitative estimate of drug-likeness (QED) is 0.391. The normalized spacial score (nSPS) is 11.4. The lowest BCUT2D eigenvalue weighted by atomic mass is 9.96. The topological polar surface area (TPSA) is 51.2 Å². The van der Waals surface area contributed by atoms with Crippen molar-refractivity contribution < 1.29 is 14.4 Å². The van der Waals surface area contributed by atoms with Crippen LogP contribution in [0.25, 0.3) is 6.08 Å². The van der Waals surface area contributed by atoms with Crippen molar-refractivity contribution in [1.82, 2.24) is 0 Å². The lowest BCUT2D eigenvalue weighted by Gasteiger charge is -2.06. The van der Waals surface area contributed by atoms with E-state index >= 15 is 0 Å². The van der Waals surface area contributed by atoms with Gasteiger partial charge in [-0.3, -0.25) is 14.4 Å². The maximum atomic E-state index is 12.9. The van der Waals surface area contributed by atoms with Crippen molar-refractivity contribution >= 4 is 23.4 Å². The highest BCUT2D eigenvalue weighted by Crippen LogP contribution is 2.15. The molecule has 0 aliphatic heterocycles. The molecule has 0 spiro atoms. The van der Waals surface area contributed by atoms with Gasteiger partial charge in [0.25, 0.3) is 0 Å². The molecular weight excluding hydrogens is 360 g/mol. The number of hydrogen-bond donors (Lipinski definition) is 0. The molecule has 0 aliphatic rings. The van der Waals surface area contributed by atoms with Crippen molar-refractivity contribution in [3.05, 3.63) is 125 Å². The molecule has 0 heterocycles. The van der Waals surface area contributed by atoms with Crippen molar-refractivity contribution in [2.45, 2.75) is 6.42 Å². The smallest absolute Gasteiger partial charge is 0.189 e. The van der Waals surface area contributed by atoms with Gasteiger partial charge in [0.1, 0.15) is 0 Å². The van der Waals surface area contributed by atoms with Crippen LogP contribution in [0.15, 0.2) is 109 Å². The summed E-state index contributed by atoms with van der Waals surface area (Å²) in [5, 5.41) is 0. The summed E-state index contributed by atoms with van der Waals surface area (Å²) in [6.07, 6.45) is 4.27. The SMILES string of the molecule is O=C(C=Cc1ccccc1)CC(=CC(=O)c1ccccc1)C(=O)c1ccccc1. The standard InChI is InChI=1S/C26H20O3/c27-24(17-16-20-10-4-1-5-11-20)18-23(26(29)22-14-8-3-9-15-22)19-25(28)21-12-6-2-7-13-21/h1-17,19H,18H2.